The van der Waals surface area contributed by atoms with E-state index < -0.39 is 48.1 Å². The molecule has 3 aromatic rings. The molecule has 1 amide bonds. The predicted octanol–water partition coefficient (Wildman–Crippen LogP) is 4.39. The van der Waals surface area contributed by atoms with E-state index in [-0.39, 0.29) is 5.91 Å². The number of hydrogen-bond acceptors (Lipinski definition) is 9. The summed E-state index contributed by atoms with van der Waals surface area (Å²) >= 11 is 0. The minimum absolute atomic E-state index is 0.102. The summed E-state index contributed by atoms with van der Waals surface area (Å²) in [5.74, 6) is -6.67. The Morgan fingerprint density at radius 2 is 1.41 bits per heavy atom. The topological polar surface area (TPSA) is 193 Å². The number of benzene rings is 1. The highest BCUT2D eigenvalue weighted by molar-refractivity contribution is 5.81. The maximum absolute atomic E-state index is 13.1. The maximum Gasteiger partial charge on any atom is 0.490 e. The molecule has 0 aliphatic carbocycles. The first-order chi connectivity index (χ1) is 25.0. The summed E-state index contributed by atoms with van der Waals surface area (Å²) in [6.07, 6.45) is -6.75. The number of carbonyl (C=O) groups excluding carboxylic acids is 1. The van der Waals surface area contributed by atoms with E-state index in [4.69, 9.17) is 39.2 Å². The van der Waals surface area contributed by atoms with Crippen molar-refractivity contribution in [3.8, 4) is 5.75 Å². The van der Waals surface area contributed by atoms with Crippen LogP contribution in [0.15, 0.2) is 61.2 Å². The van der Waals surface area contributed by atoms with Crippen LogP contribution in [0.5, 0.6) is 5.75 Å². The van der Waals surface area contributed by atoms with Crippen LogP contribution < -0.4 is 10.1 Å². The van der Waals surface area contributed by atoms with Gasteiger partial charge in [-0.2, -0.15) is 39.5 Å². The van der Waals surface area contributed by atoms with Gasteiger partial charge in [0.15, 0.2) is 6.10 Å². The molecule has 54 heavy (non-hydrogen) atoms. The molecule has 1 saturated heterocycles. The van der Waals surface area contributed by atoms with Gasteiger partial charge < -0.3 is 34.7 Å². The van der Waals surface area contributed by atoms with E-state index in [0.717, 1.165) is 49.6 Å². The van der Waals surface area contributed by atoms with Crippen LogP contribution in [0.3, 0.4) is 0 Å². The Morgan fingerprint density at radius 1 is 0.870 bits per heavy atom. The minimum atomic E-state index is -5.08. The van der Waals surface area contributed by atoms with Crippen LogP contribution in [0, 0.1) is 0 Å². The Labute approximate surface area is 299 Å². The number of nitrogens with one attached hydrogen (secondary N) is 1. The number of aromatic nitrogens is 3. The molecule has 4 N–H and O–H groups in total. The predicted molar refractivity (Wildman–Crippen MR) is 163 cm³/mol. The van der Waals surface area contributed by atoms with E-state index in [0.29, 0.717) is 13.1 Å². The van der Waals surface area contributed by atoms with E-state index in [1.165, 1.54) is 5.56 Å². The highest BCUT2D eigenvalue weighted by Crippen LogP contribution is 2.40. The van der Waals surface area contributed by atoms with Crippen LogP contribution in [0.25, 0.3) is 0 Å². The molecule has 0 radical (unpaired) electrons. The molecule has 1 unspecified atom stereocenters. The number of fused-ring (bicyclic) bond motifs is 2. The monoisotopic (exact) mass is 789 g/mol. The van der Waals surface area contributed by atoms with Gasteiger partial charge in [0.2, 0.25) is 0 Å². The maximum atomic E-state index is 13.1. The standard InChI is InChI=1S/C25H29N5O3.3C2HF3O2/c1-32-21-6-2-4-19(14-21)16-28-23(31)22-18-30-13-10-27-24(30)25(33-22)7-11-29(12-8-25)17-20-5-3-9-26-15-20;3*3-2(4,5)1(6)7/h2-6,9-10,13-15,22H,7-8,11-12,16-18H2,1H3,(H,28,31);3*(H,6,7). The summed E-state index contributed by atoms with van der Waals surface area (Å²) in [4.78, 5) is 51.0. The largest absolute Gasteiger partial charge is 0.497 e. The van der Waals surface area contributed by atoms with Gasteiger partial charge in [0, 0.05) is 51.0 Å². The molecule has 23 heteroatoms. The van der Waals surface area contributed by atoms with Gasteiger partial charge in [-0.1, -0.05) is 18.2 Å². The van der Waals surface area contributed by atoms with Crippen molar-refractivity contribution in [3.05, 3.63) is 78.1 Å². The van der Waals surface area contributed by atoms with Gasteiger partial charge in [-0.15, -0.1) is 0 Å². The zero-order valence-electron chi connectivity index (χ0n) is 27.8. The number of piperidine rings is 1. The van der Waals surface area contributed by atoms with Crippen molar-refractivity contribution in [1.29, 1.82) is 0 Å². The number of likely N-dealkylation sites (tertiary alicyclic amines) is 1. The molecule has 1 fully saturated rings. The van der Waals surface area contributed by atoms with Gasteiger partial charge >= 0.3 is 36.4 Å². The fraction of sp³-hybridized carbons (Fsp3) is 0.419. The number of nitrogens with zero attached hydrogens (tertiary/aromatic N) is 4. The average Bonchev–Trinajstić information content (AvgIpc) is 3.58. The first kappa shape index (κ1) is 44.7. The molecule has 298 valence electrons. The van der Waals surface area contributed by atoms with E-state index in [1.54, 1.807) is 19.5 Å². The normalized spacial score (nSPS) is 16.4. The third-order valence-electron chi connectivity index (χ3n) is 7.27. The van der Waals surface area contributed by atoms with Crippen molar-refractivity contribution >= 4 is 23.8 Å². The first-order valence-corrected chi connectivity index (χ1v) is 15.1. The Kier molecular flexibility index (Phi) is 15.8. The van der Waals surface area contributed by atoms with E-state index in [1.807, 2.05) is 42.7 Å². The smallest absolute Gasteiger partial charge is 0.490 e. The Balaban J connectivity index is 0.000000393. The third-order valence-corrected chi connectivity index (χ3v) is 7.27. The molecule has 4 heterocycles. The van der Waals surface area contributed by atoms with Crippen molar-refractivity contribution < 1.29 is 83.5 Å². The third kappa shape index (κ3) is 14.2. The summed E-state index contributed by atoms with van der Waals surface area (Å²) in [6, 6.07) is 11.8. The van der Waals surface area contributed by atoms with Gasteiger partial charge in [0.1, 0.15) is 17.2 Å². The summed E-state index contributed by atoms with van der Waals surface area (Å²) in [6.45, 7) is 3.52. The van der Waals surface area contributed by atoms with Crippen LogP contribution in [0.2, 0.25) is 0 Å². The number of alkyl halides is 9. The second-order valence-corrected chi connectivity index (χ2v) is 11.1. The molecule has 5 rings (SSSR count). The van der Waals surface area contributed by atoms with Crippen LogP contribution >= 0.6 is 0 Å². The Bertz CT molecular complexity index is 1640. The quantitative estimate of drug-likeness (QED) is 0.258. The lowest BCUT2D eigenvalue weighted by atomic mass is 9.88. The van der Waals surface area contributed by atoms with Crippen molar-refractivity contribution in [2.75, 3.05) is 20.2 Å². The summed E-state index contributed by atoms with van der Waals surface area (Å²) < 4.78 is 109. The molecule has 1 aromatic carbocycles. The van der Waals surface area contributed by atoms with Gasteiger partial charge in [-0.3, -0.25) is 14.7 Å². The van der Waals surface area contributed by atoms with Gasteiger partial charge in [0.05, 0.1) is 13.7 Å². The number of pyridine rings is 1. The number of halogens is 9. The minimum Gasteiger partial charge on any atom is -0.497 e. The van der Waals surface area contributed by atoms with Crippen molar-refractivity contribution in [3.63, 3.8) is 0 Å². The molecule has 2 aliphatic heterocycles. The molecular formula is C31H32F9N5O9. The molecule has 2 aromatic heterocycles. The molecule has 14 nitrogen and oxygen atoms in total. The number of carboxylic acid groups (broad SMARTS) is 3. The number of carbonyl (C=O) groups is 4. The van der Waals surface area contributed by atoms with Crippen LogP contribution in [-0.4, -0.2) is 103 Å². The SMILES string of the molecule is COc1cccc(CNC(=O)C2Cn3ccnc3C3(CCN(Cc4cccnc4)CC3)O2)c1.O=C(O)C(F)(F)F.O=C(O)C(F)(F)F.O=C(O)C(F)(F)F. The molecule has 1 spiro atoms. The Morgan fingerprint density at radius 3 is 1.89 bits per heavy atom. The number of imidazole rings is 1. The van der Waals surface area contributed by atoms with E-state index >= 15 is 0 Å². The molecule has 1 atom stereocenters. The zero-order valence-corrected chi connectivity index (χ0v) is 27.8. The average molecular weight is 790 g/mol. The van der Waals surface area contributed by atoms with Crippen LogP contribution in [-0.2, 0) is 49.2 Å². The van der Waals surface area contributed by atoms with Crippen molar-refractivity contribution in [2.24, 2.45) is 0 Å². The fourth-order valence-electron chi connectivity index (χ4n) is 4.78. The molecule has 0 saturated carbocycles. The van der Waals surface area contributed by atoms with Gasteiger partial charge in [0.25, 0.3) is 5.91 Å². The first-order valence-electron chi connectivity index (χ1n) is 15.1. The van der Waals surface area contributed by atoms with E-state index in [9.17, 15) is 44.3 Å². The number of methoxy groups -OCH3 is 1. The van der Waals surface area contributed by atoms with Gasteiger partial charge in [-0.25, -0.2) is 19.4 Å². The van der Waals surface area contributed by atoms with Crippen LogP contribution in [0.1, 0.15) is 29.8 Å². The molecule has 0 bridgehead atoms. The molecular weight excluding hydrogens is 757 g/mol. The lowest BCUT2D eigenvalue weighted by molar-refractivity contribution is -0.193. The van der Waals surface area contributed by atoms with Crippen molar-refractivity contribution in [1.82, 2.24) is 24.8 Å². The fourth-order valence-corrected chi connectivity index (χ4v) is 4.78. The summed E-state index contributed by atoms with van der Waals surface area (Å²) in [5, 5.41) is 24.4. The zero-order chi connectivity index (χ0) is 40.9. The highest BCUT2D eigenvalue weighted by Gasteiger charge is 2.47. The number of hydrogen-bond donors (Lipinski definition) is 4. The van der Waals surface area contributed by atoms with Crippen molar-refractivity contribution in [2.45, 2.75) is 62.7 Å². The molecule has 2 aliphatic rings. The summed E-state index contributed by atoms with van der Waals surface area (Å²) in [7, 11) is 1.64. The number of amides is 1. The lowest BCUT2D eigenvalue weighted by Crippen LogP contribution is -2.53. The number of rotatable bonds is 6. The number of carboxylic acids is 3. The number of ether oxygens (including phenoxy) is 2. The van der Waals surface area contributed by atoms with E-state index in [2.05, 4.69) is 30.8 Å². The second kappa shape index (κ2) is 19.0. The van der Waals surface area contributed by atoms with Gasteiger partial charge in [-0.05, 0) is 42.2 Å². The number of aliphatic carboxylic acids is 3. The Hall–Kier alpha value is -5.45. The lowest BCUT2D eigenvalue weighted by Gasteiger charge is -2.45. The second-order valence-electron chi connectivity index (χ2n) is 11.1. The summed E-state index contributed by atoms with van der Waals surface area (Å²) in [5.41, 5.74) is 1.65. The highest BCUT2D eigenvalue weighted by atomic mass is 19.4. The van der Waals surface area contributed by atoms with Crippen LogP contribution in [0.4, 0.5) is 39.5 Å².